The van der Waals surface area contributed by atoms with Crippen molar-refractivity contribution in [2.45, 2.75) is 22.7 Å². The summed E-state index contributed by atoms with van der Waals surface area (Å²) in [6.07, 6.45) is 1.83. The van der Waals surface area contributed by atoms with Crippen LogP contribution in [-0.4, -0.2) is 17.5 Å². The fourth-order valence-electron chi connectivity index (χ4n) is 2.78. The molecule has 2 aromatic carbocycles. The summed E-state index contributed by atoms with van der Waals surface area (Å²) in [6.45, 7) is 0. The first kappa shape index (κ1) is 14.5. The molecule has 2 nitrogen and oxygen atoms in total. The number of hydrogen-bond donors (Lipinski definition) is 0. The smallest absolute Gasteiger partial charge is 0.153 e. The third kappa shape index (κ3) is 2.81. The number of carbonyl (C=O) groups is 1. The molecule has 0 radical (unpaired) electrons. The maximum atomic E-state index is 11.5. The van der Waals surface area contributed by atoms with E-state index < -0.39 is 0 Å². The van der Waals surface area contributed by atoms with Crippen LogP contribution in [0.3, 0.4) is 0 Å². The monoisotopic (exact) mass is 317 g/mol. The van der Waals surface area contributed by atoms with Crippen LogP contribution < -0.4 is 4.90 Å². The largest absolute Gasteiger partial charge is 0.345 e. The Hall–Kier alpha value is -1.45. The number of alkyl halides is 1. The van der Waals surface area contributed by atoms with Gasteiger partial charge in [0.1, 0.15) is 5.37 Å². The summed E-state index contributed by atoms with van der Waals surface area (Å²) >= 11 is 7.63. The lowest BCUT2D eigenvalue weighted by molar-refractivity contribution is -0.107. The Bertz CT molecular complexity index is 619. The van der Waals surface area contributed by atoms with Crippen molar-refractivity contribution in [1.82, 2.24) is 0 Å². The molecule has 0 spiro atoms. The first-order valence-corrected chi connectivity index (χ1v) is 8.37. The molecule has 1 aliphatic rings. The number of carbonyl (C=O) groups excluding carboxylic acids is 1. The molecule has 4 heteroatoms. The summed E-state index contributed by atoms with van der Waals surface area (Å²) in [4.78, 5) is 14.9. The van der Waals surface area contributed by atoms with Crippen LogP contribution in [-0.2, 0) is 4.79 Å². The fourth-order valence-corrected chi connectivity index (χ4v) is 4.13. The van der Waals surface area contributed by atoms with Gasteiger partial charge in [0.2, 0.25) is 0 Å². The van der Waals surface area contributed by atoms with Crippen LogP contribution in [0.15, 0.2) is 59.5 Å². The van der Waals surface area contributed by atoms with Crippen molar-refractivity contribution in [2.24, 2.45) is 0 Å². The normalized spacial score (nSPS) is 18.3. The summed E-state index contributed by atoms with van der Waals surface area (Å²) in [5, 5.41) is -0.184. The van der Waals surface area contributed by atoms with Gasteiger partial charge in [0.25, 0.3) is 0 Å². The predicted molar refractivity (Wildman–Crippen MR) is 89.2 cm³/mol. The molecule has 1 aliphatic heterocycles. The fraction of sp³-hybridized carbons (Fsp3) is 0.235. The molecule has 0 aliphatic carbocycles. The van der Waals surface area contributed by atoms with Gasteiger partial charge in [0.05, 0.1) is 11.7 Å². The van der Waals surface area contributed by atoms with Gasteiger partial charge in [0.15, 0.2) is 6.29 Å². The van der Waals surface area contributed by atoms with Crippen molar-refractivity contribution in [3.63, 3.8) is 0 Å². The van der Waals surface area contributed by atoms with E-state index in [1.807, 2.05) is 30.3 Å². The average Bonchev–Trinajstić information content (AvgIpc) is 2.92. The molecular formula is C17H16ClNOS. The third-order valence-electron chi connectivity index (χ3n) is 3.68. The zero-order valence-electron chi connectivity index (χ0n) is 11.5. The van der Waals surface area contributed by atoms with Gasteiger partial charge in [-0.3, -0.25) is 0 Å². The van der Waals surface area contributed by atoms with Crippen molar-refractivity contribution < 1.29 is 4.79 Å². The molecule has 0 N–H and O–H groups in total. The molecule has 0 amide bonds. The van der Waals surface area contributed by atoms with E-state index in [1.54, 1.807) is 11.8 Å². The van der Waals surface area contributed by atoms with Gasteiger partial charge in [-0.05, 0) is 24.1 Å². The quantitative estimate of drug-likeness (QED) is 0.598. The highest BCUT2D eigenvalue weighted by atomic mass is 35.5. The molecule has 0 saturated heterocycles. The predicted octanol–water partition coefficient (Wildman–Crippen LogP) is 4.49. The van der Waals surface area contributed by atoms with E-state index in [2.05, 4.69) is 29.2 Å². The Kier molecular flexibility index (Phi) is 4.51. The van der Waals surface area contributed by atoms with E-state index in [9.17, 15) is 4.79 Å². The van der Waals surface area contributed by atoms with Crippen molar-refractivity contribution in [3.8, 4) is 0 Å². The molecule has 0 bridgehead atoms. The van der Waals surface area contributed by atoms with Crippen molar-refractivity contribution in [3.05, 3.63) is 60.2 Å². The zero-order valence-corrected chi connectivity index (χ0v) is 13.1. The van der Waals surface area contributed by atoms with Crippen molar-refractivity contribution in [1.29, 1.82) is 0 Å². The summed E-state index contributed by atoms with van der Waals surface area (Å²) in [6, 6.07) is 18.6. The number of nitrogens with zero attached hydrogens (tertiary/aromatic N) is 1. The number of hydrogen-bond acceptors (Lipinski definition) is 3. The summed E-state index contributed by atoms with van der Waals surface area (Å²) in [5.41, 5.74) is 2.32. The Morgan fingerprint density at radius 1 is 1.14 bits per heavy atom. The average molecular weight is 318 g/mol. The lowest BCUT2D eigenvalue weighted by atomic mass is 10.0. The first-order valence-electron chi connectivity index (χ1n) is 6.95. The van der Waals surface area contributed by atoms with E-state index in [0.29, 0.717) is 5.88 Å². The van der Waals surface area contributed by atoms with Gasteiger partial charge in [-0.2, -0.15) is 0 Å². The van der Waals surface area contributed by atoms with Crippen molar-refractivity contribution >= 4 is 35.3 Å². The lowest BCUT2D eigenvalue weighted by Crippen LogP contribution is -2.35. The van der Waals surface area contributed by atoms with Crippen LogP contribution in [0.25, 0.3) is 0 Å². The molecule has 0 fully saturated rings. The molecule has 2 atom stereocenters. The minimum atomic E-state index is -0.184. The molecule has 0 aromatic heterocycles. The number of benzene rings is 2. The number of para-hydroxylation sites is 1. The van der Waals surface area contributed by atoms with Gasteiger partial charge < -0.3 is 9.69 Å². The standard InChI is InChI=1S/C17H16ClNOS/c18-11-10-14(13-6-2-1-3-7-13)19-15-8-4-5-9-16(15)21-17(19)12-20/h1-9,12,14,17H,10-11H2/t14-,17?/m1/s1. The van der Waals surface area contributed by atoms with E-state index in [1.165, 1.54) is 5.56 Å². The highest BCUT2D eigenvalue weighted by Crippen LogP contribution is 2.47. The maximum absolute atomic E-state index is 11.5. The third-order valence-corrected chi connectivity index (χ3v) is 5.08. The van der Waals surface area contributed by atoms with Crippen LogP contribution >= 0.6 is 23.4 Å². The zero-order chi connectivity index (χ0) is 14.7. The highest BCUT2D eigenvalue weighted by molar-refractivity contribution is 8.01. The van der Waals surface area contributed by atoms with Crippen LogP contribution in [0.1, 0.15) is 18.0 Å². The second kappa shape index (κ2) is 6.54. The first-order chi connectivity index (χ1) is 10.3. The Morgan fingerprint density at radius 2 is 1.86 bits per heavy atom. The van der Waals surface area contributed by atoms with E-state index in [-0.39, 0.29) is 11.4 Å². The van der Waals surface area contributed by atoms with Crippen molar-refractivity contribution in [2.75, 3.05) is 10.8 Å². The Morgan fingerprint density at radius 3 is 2.57 bits per heavy atom. The van der Waals surface area contributed by atoms with E-state index in [0.717, 1.165) is 23.3 Å². The van der Waals surface area contributed by atoms with Crippen LogP contribution in [0, 0.1) is 0 Å². The number of anilines is 1. The summed E-state index contributed by atoms with van der Waals surface area (Å²) < 4.78 is 0. The molecule has 2 aromatic rings. The van der Waals surface area contributed by atoms with Gasteiger partial charge in [-0.15, -0.1) is 11.6 Å². The lowest BCUT2D eigenvalue weighted by Gasteiger charge is -2.33. The van der Waals surface area contributed by atoms with E-state index >= 15 is 0 Å². The van der Waals surface area contributed by atoms with Gasteiger partial charge >= 0.3 is 0 Å². The topological polar surface area (TPSA) is 20.3 Å². The van der Waals surface area contributed by atoms with Gasteiger partial charge in [-0.25, -0.2) is 0 Å². The van der Waals surface area contributed by atoms with Gasteiger partial charge in [-0.1, -0.05) is 54.2 Å². The van der Waals surface area contributed by atoms with E-state index in [4.69, 9.17) is 11.6 Å². The SMILES string of the molecule is O=CC1Sc2ccccc2N1[C@H](CCCl)c1ccccc1. The Balaban J connectivity index is 2.03. The van der Waals surface area contributed by atoms with Crippen LogP contribution in [0.2, 0.25) is 0 Å². The number of rotatable bonds is 5. The minimum Gasteiger partial charge on any atom is -0.345 e. The summed E-state index contributed by atoms with van der Waals surface area (Å²) in [5.74, 6) is 0.564. The number of aldehydes is 1. The number of halogens is 1. The highest BCUT2D eigenvalue weighted by Gasteiger charge is 2.35. The molecular weight excluding hydrogens is 302 g/mol. The minimum absolute atomic E-state index is 0.120. The second-order valence-electron chi connectivity index (χ2n) is 4.92. The molecule has 1 unspecified atom stereocenters. The second-order valence-corrected chi connectivity index (χ2v) is 6.46. The maximum Gasteiger partial charge on any atom is 0.153 e. The Labute approximate surface area is 134 Å². The molecule has 108 valence electrons. The molecule has 1 heterocycles. The number of thioether (sulfide) groups is 1. The molecule has 21 heavy (non-hydrogen) atoms. The molecule has 3 rings (SSSR count). The van der Waals surface area contributed by atoms with Crippen LogP contribution in [0.5, 0.6) is 0 Å². The summed E-state index contributed by atoms with van der Waals surface area (Å²) in [7, 11) is 0. The van der Waals surface area contributed by atoms with Gasteiger partial charge in [0, 0.05) is 10.8 Å². The molecule has 0 saturated carbocycles. The van der Waals surface area contributed by atoms with Crippen LogP contribution in [0.4, 0.5) is 5.69 Å². The number of fused-ring (bicyclic) bond motifs is 1.